The lowest BCUT2D eigenvalue weighted by Crippen LogP contribution is -2.28. The van der Waals surface area contributed by atoms with E-state index in [1.807, 2.05) is 59.3 Å². The van der Waals surface area contributed by atoms with E-state index in [1.165, 1.54) is 5.56 Å². The first-order valence-electron chi connectivity index (χ1n) is 11.0. The van der Waals surface area contributed by atoms with Gasteiger partial charge in [-0.3, -0.25) is 4.79 Å². The molecule has 0 saturated carbocycles. The number of hydrogen-bond acceptors (Lipinski definition) is 4. The van der Waals surface area contributed by atoms with Gasteiger partial charge in [0.1, 0.15) is 5.75 Å². The van der Waals surface area contributed by atoms with Crippen LogP contribution in [0.3, 0.4) is 0 Å². The molecule has 1 amide bonds. The van der Waals surface area contributed by atoms with Crippen LogP contribution in [0.2, 0.25) is 0 Å². The maximum Gasteiger partial charge on any atom is 0.223 e. The Hall–Kier alpha value is -3.38. The zero-order valence-corrected chi connectivity index (χ0v) is 18.9. The van der Waals surface area contributed by atoms with Gasteiger partial charge in [-0.2, -0.15) is 0 Å². The molecule has 6 heteroatoms. The molecule has 0 radical (unpaired) electrons. The van der Waals surface area contributed by atoms with E-state index in [4.69, 9.17) is 4.74 Å². The Balaban J connectivity index is 1.27. The maximum atomic E-state index is 12.1. The molecule has 0 atom stereocenters. The van der Waals surface area contributed by atoms with Gasteiger partial charge < -0.3 is 19.5 Å². The topological polar surface area (TPSA) is 59.4 Å². The van der Waals surface area contributed by atoms with Crippen molar-refractivity contribution < 1.29 is 9.53 Å². The molecule has 0 fully saturated rings. The van der Waals surface area contributed by atoms with Crippen LogP contribution < -0.4 is 10.1 Å². The van der Waals surface area contributed by atoms with E-state index in [-0.39, 0.29) is 5.91 Å². The van der Waals surface area contributed by atoms with Gasteiger partial charge in [0, 0.05) is 37.6 Å². The van der Waals surface area contributed by atoms with Crippen molar-refractivity contribution in [1.82, 2.24) is 19.8 Å². The van der Waals surface area contributed by atoms with Crippen molar-refractivity contribution in [3.8, 4) is 11.4 Å². The molecule has 1 heterocycles. The molecule has 0 aliphatic rings. The number of ether oxygens (including phenoxy) is 1. The second-order valence-corrected chi connectivity index (χ2v) is 7.77. The van der Waals surface area contributed by atoms with Crippen molar-refractivity contribution in [2.24, 2.45) is 0 Å². The number of benzene rings is 2. The highest BCUT2D eigenvalue weighted by Gasteiger charge is 2.02. The number of hydrogen-bond donors (Lipinski definition) is 1. The van der Waals surface area contributed by atoms with Gasteiger partial charge in [-0.15, -0.1) is 0 Å². The lowest BCUT2D eigenvalue weighted by molar-refractivity contribution is -0.120. The van der Waals surface area contributed by atoms with Crippen molar-refractivity contribution in [2.75, 3.05) is 33.8 Å². The monoisotopic (exact) mass is 432 g/mol. The molecule has 3 aromatic rings. The fourth-order valence-corrected chi connectivity index (χ4v) is 3.34. The zero-order valence-electron chi connectivity index (χ0n) is 18.9. The number of carbonyl (C=O) groups excluding carboxylic acids is 1. The quantitative estimate of drug-likeness (QED) is 0.440. The summed E-state index contributed by atoms with van der Waals surface area (Å²) in [6, 6.07) is 16.3. The first kappa shape index (κ1) is 23.3. The van der Waals surface area contributed by atoms with E-state index in [2.05, 4.69) is 34.4 Å². The average Bonchev–Trinajstić information content (AvgIpc) is 3.36. The summed E-state index contributed by atoms with van der Waals surface area (Å²) in [5, 5.41) is 3.00. The predicted molar refractivity (Wildman–Crippen MR) is 129 cm³/mol. The number of likely N-dealkylation sites (N-methyl/N-ethyl adjacent to an activating group) is 1. The highest BCUT2D eigenvalue weighted by molar-refractivity contribution is 5.78. The van der Waals surface area contributed by atoms with Crippen LogP contribution >= 0.6 is 0 Å². The van der Waals surface area contributed by atoms with Crippen molar-refractivity contribution >= 4 is 12.0 Å². The SMILES string of the molecule is COc1ccc(CCN(C)CCCNC(=O)CC=Cc2ccc(-n3ccnc3)cc2)cc1. The van der Waals surface area contributed by atoms with Crippen molar-refractivity contribution in [2.45, 2.75) is 19.3 Å². The number of amides is 1. The van der Waals surface area contributed by atoms with Crippen molar-refractivity contribution in [1.29, 1.82) is 0 Å². The molecular formula is C26H32N4O2. The smallest absolute Gasteiger partial charge is 0.223 e. The van der Waals surface area contributed by atoms with Crippen LogP contribution in [0.15, 0.2) is 73.3 Å². The van der Waals surface area contributed by atoms with Crippen LogP contribution in [0.1, 0.15) is 24.0 Å². The molecule has 2 aromatic carbocycles. The van der Waals surface area contributed by atoms with Crippen LogP contribution in [0.25, 0.3) is 11.8 Å². The number of imidazole rings is 1. The van der Waals surface area contributed by atoms with Crippen LogP contribution in [0, 0.1) is 0 Å². The van der Waals surface area contributed by atoms with Crippen LogP contribution in [0.4, 0.5) is 0 Å². The Morgan fingerprint density at radius 3 is 2.59 bits per heavy atom. The molecule has 0 saturated heterocycles. The van der Waals surface area contributed by atoms with Crippen LogP contribution in [-0.4, -0.2) is 54.1 Å². The fraction of sp³-hybridized carbons (Fsp3) is 0.308. The van der Waals surface area contributed by atoms with Gasteiger partial charge in [0.25, 0.3) is 0 Å². The summed E-state index contributed by atoms with van der Waals surface area (Å²) in [5.74, 6) is 0.938. The minimum absolute atomic E-state index is 0.0529. The molecule has 0 aliphatic carbocycles. The number of carbonyl (C=O) groups is 1. The second-order valence-electron chi connectivity index (χ2n) is 7.77. The summed E-state index contributed by atoms with van der Waals surface area (Å²) in [5.41, 5.74) is 3.43. The molecule has 6 nitrogen and oxygen atoms in total. The Morgan fingerprint density at radius 1 is 1.12 bits per heavy atom. The summed E-state index contributed by atoms with van der Waals surface area (Å²) in [4.78, 5) is 18.4. The summed E-state index contributed by atoms with van der Waals surface area (Å²) >= 11 is 0. The van der Waals surface area contributed by atoms with E-state index in [9.17, 15) is 4.79 Å². The highest BCUT2D eigenvalue weighted by Crippen LogP contribution is 2.12. The number of rotatable bonds is 12. The van der Waals surface area contributed by atoms with Gasteiger partial charge in [-0.05, 0) is 61.8 Å². The largest absolute Gasteiger partial charge is 0.497 e. The maximum absolute atomic E-state index is 12.1. The molecule has 1 aromatic heterocycles. The van der Waals surface area contributed by atoms with Crippen LogP contribution in [-0.2, 0) is 11.2 Å². The Bertz CT molecular complexity index is 964. The summed E-state index contributed by atoms with van der Waals surface area (Å²) in [6.45, 7) is 2.64. The molecule has 0 aliphatic heterocycles. The third-order valence-corrected chi connectivity index (χ3v) is 5.29. The standard InChI is InChI=1S/C26H32N4O2/c1-29(19-15-23-9-13-25(32-2)14-10-23)18-4-16-28-26(31)6-3-5-22-7-11-24(12-8-22)30-20-17-27-21-30/h3,5,7-14,17,20-21H,4,6,15-16,18-19H2,1-2H3,(H,28,31). The van der Waals surface area contributed by atoms with Crippen molar-refractivity contribution in [3.05, 3.63) is 84.5 Å². The summed E-state index contributed by atoms with van der Waals surface area (Å²) in [6.07, 6.45) is 11.6. The number of methoxy groups -OCH3 is 1. The van der Waals surface area contributed by atoms with Gasteiger partial charge in [0.15, 0.2) is 0 Å². The van der Waals surface area contributed by atoms with Crippen molar-refractivity contribution in [3.63, 3.8) is 0 Å². The van der Waals surface area contributed by atoms with Gasteiger partial charge in [-0.25, -0.2) is 4.98 Å². The molecule has 1 N–H and O–H groups in total. The van der Waals surface area contributed by atoms with Gasteiger partial charge in [-0.1, -0.05) is 36.4 Å². The number of aromatic nitrogens is 2. The first-order chi connectivity index (χ1) is 15.6. The van der Waals surface area contributed by atoms with Gasteiger partial charge in [0.05, 0.1) is 13.4 Å². The minimum Gasteiger partial charge on any atom is -0.497 e. The minimum atomic E-state index is 0.0529. The molecule has 3 rings (SSSR count). The lowest BCUT2D eigenvalue weighted by atomic mass is 10.1. The summed E-state index contributed by atoms with van der Waals surface area (Å²) in [7, 11) is 3.80. The molecule has 0 spiro atoms. The zero-order chi connectivity index (χ0) is 22.6. The van der Waals surface area contributed by atoms with Gasteiger partial charge >= 0.3 is 0 Å². The normalized spacial score (nSPS) is 11.2. The fourth-order valence-electron chi connectivity index (χ4n) is 3.34. The van der Waals surface area contributed by atoms with E-state index in [0.717, 1.165) is 42.9 Å². The number of nitrogens with one attached hydrogen (secondary N) is 1. The van der Waals surface area contributed by atoms with E-state index in [0.29, 0.717) is 13.0 Å². The summed E-state index contributed by atoms with van der Waals surface area (Å²) < 4.78 is 7.15. The van der Waals surface area contributed by atoms with E-state index < -0.39 is 0 Å². The number of nitrogens with zero attached hydrogens (tertiary/aromatic N) is 3. The molecule has 32 heavy (non-hydrogen) atoms. The average molecular weight is 433 g/mol. The third-order valence-electron chi connectivity index (χ3n) is 5.29. The Kier molecular flexibility index (Phi) is 9.07. The highest BCUT2D eigenvalue weighted by atomic mass is 16.5. The molecule has 0 bridgehead atoms. The third kappa shape index (κ3) is 7.71. The Morgan fingerprint density at radius 2 is 1.91 bits per heavy atom. The molecule has 0 unspecified atom stereocenters. The molecular weight excluding hydrogens is 400 g/mol. The van der Waals surface area contributed by atoms with Crippen LogP contribution in [0.5, 0.6) is 5.75 Å². The van der Waals surface area contributed by atoms with E-state index in [1.54, 1.807) is 19.6 Å². The molecule has 168 valence electrons. The van der Waals surface area contributed by atoms with E-state index >= 15 is 0 Å². The first-order valence-corrected chi connectivity index (χ1v) is 11.0. The second kappa shape index (κ2) is 12.5. The predicted octanol–water partition coefficient (Wildman–Crippen LogP) is 3.97. The van der Waals surface area contributed by atoms with Gasteiger partial charge in [0.2, 0.25) is 5.91 Å². The Labute approximate surface area is 190 Å². The lowest BCUT2D eigenvalue weighted by Gasteiger charge is -2.16.